The number of carbonyl (C=O) groups excluding carboxylic acids is 1. The van der Waals surface area contributed by atoms with Crippen LogP contribution in [-0.2, 0) is 5.75 Å². The van der Waals surface area contributed by atoms with Gasteiger partial charge in [0, 0.05) is 10.2 Å². The molecule has 0 saturated carbocycles. The van der Waals surface area contributed by atoms with E-state index in [1.165, 1.54) is 35.2 Å². The summed E-state index contributed by atoms with van der Waals surface area (Å²) in [5.41, 5.74) is 1.20. The summed E-state index contributed by atoms with van der Waals surface area (Å²) in [6.07, 6.45) is 0. The molecule has 1 N–H and O–H groups in total. The summed E-state index contributed by atoms with van der Waals surface area (Å²) < 4.78 is 14.6. The van der Waals surface area contributed by atoms with Gasteiger partial charge in [-0.1, -0.05) is 62.8 Å². The largest absolute Gasteiger partial charge is 0.296 e. The molecule has 1 aromatic heterocycles. The molecular formula is C16H10BrClFN3OS2. The molecule has 0 bridgehead atoms. The Balaban J connectivity index is 1.63. The van der Waals surface area contributed by atoms with E-state index in [-0.39, 0.29) is 11.7 Å². The zero-order valence-electron chi connectivity index (χ0n) is 12.5. The summed E-state index contributed by atoms with van der Waals surface area (Å²) in [6.45, 7) is 0. The Labute approximate surface area is 164 Å². The van der Waals surface area contributed by atoms with Crippen LogP contribution in [0.5, 0.6) is 0 Å². The molecule has 3 rings (SSSR count). The Hall–Kier alpha value is -1.48. The SMILES string of the molecule is O=C(Nc1nnc(SCc2cccc(F)c2)s1)c1cc(Br)ccc1Cl. The number of thioether (sulfide) groups is 1. The lowest BCUT2D eigenvalue weighted by Crippen LogP contribution is -2.12. The van der Waals surface area contributed by atoms with Crippen LogP contribution < -0.4 is 5.32 Å². The molecule has 0 fully saturated rings. The van der Waals surface area contributed by atoms with E-state index in [2.05, 4.69) is 31.4 Å². The number of rotatable bonds is 5. The van der Waals surface area contributed by atoms with Crippen LogP contribution in [0.1, 0.15) is 15.9 Å². The van der Waals surface area contributed by atoms with Crippen LogP contribution >= 0.6 is 50.6 Å². The van der Waals surface area contributed by atoms with Crippen LogP contribution in [0, 0.1) is 5.82 Å². The van der Waals surface area contributed by atoms with E-state index in [4.69, 9.17) is 11.6 Å². The van der Waals surface area contributed by atoms with Gasteiger partial charge in [-0.3, -0.25) is 10.1 Å². The van der Waals surface area contributed by atoms with Crippen molar-refractivity contribution in [3.8, 4) is 0 Å². The van der Waals surface area contributed by atoms with Gasteiger partial charge < -0.3 is 0 Å². The zero-order valence-corrected chi connectivity index (χ0v) is 16.5. The standard InChI is InChI=1S/C16H10BrClFN3OS2/c17-10-4-5-13(18)12(7-10)14(23)20-15-21-22-16(25-15)24-8-9-2-1-3-11(19)6-9/h1-7H,8H2,(H,20,21,23). The first-order chi connectivity index (χ1) is 12.0. The van der Waals surface area contributed by atoms with Crippen LogP contribution in [-0.4, -0.2) is 16.1 Å². The molecule has 1 amide bonds. The predicted molar refractivity (Wildman–Crippen MR) is 103 cm³/mol. The first kappa shape index (κ1) is 18.3. The first-order valence-corrected chi connectivity index (χ1v) is 9.96. The number of carbonyl (C=O) groups is 1. The van der Waals surface area contributed by atoms with Crippen molar-refractivity contribution in [1.82, 2.24) is 10.2 Å². The van der Waals surface area contributed by atoms with Gasteiger partial charge in [-0.05, 0) is 35.9 Å². The van der Waals surface area contributed by atoms with Gasteiger partial charge in [0.05, 0.1) is 10.6 Å². The van der Waals surface area contributed by atoms with Crippen LogP contribution in [0.2, 0.25) is 5.02 Å². The second kappa shape index (κ2) is 8.27. The van der Waals surface area contributed by atoms with Crippen LogP contribution in [0.25, 0.3) is 0 Å². The maximum Gasteiger partial charge on any atom is 0.259 e. The summed E-state index contributed by atoms with van der Waals surface area (Å²) in [7, 11) is 0. The molecule has 3 aromatic rings. The van der Waals surface area contributed by atoms with E-state index in [9.17, 15) is 9.18 Å². The van der Waals surface area contributed by atoms with Gasteiger partial charge in [-0.2, -0.15) is 0 Å². The van der Waals surface area contributed by atoms with Crippen molar-refractivity contribution in [3.05, 3.63) is 68.9 Å². The minimum absolute atomic E-state index is 0.269. The van der Waals surface area contributed by atoms with Crippen molar-refractivity contribution < 1.29 is 9.18 Å². The van der Waals surface area contributed by atoms with Gasteiger partial charge in [-0.25, -0.2) is 4.39 Å². The molecule has 25 heavy (non-hydrogen) atoms. The number of nitrogens with one attached hydrogen (secondary N) is 1. The fraction of sp³-hybridized carbons (Fsp3) is 0.0625. The van der Waals surface area contributed by atoms with Gasteiger partial charge in [0.2, 0.25) is 5.13 Å². The number of aromatic nitrogens is 2. The maximum atomic E-state index is 13.2. The third kappa shape index (κ3) is 5.01. The monoisotopic (exact) mass is 457 g/mol. The van der Waals surface area contributed by atoms with E-state index in [0.717, 1.165) is 10.0 Å². The number of hydrogen-bond donors (Lipinski definition) is 1. The van der Waals surface area contributed by atoms with Gasteiger partial charge in [0.25, 0.3) is 5.91 Å². The Morgan fingerprint density at radius 3 is 2.92 bits per heavy atom. The average Bonchev–Trinajstić information content (AvgIpc) is 3.02. The molecule has 4 nitrogen and oxygen atoms in total. The lowest BCUT2D eigenvalue weighted by atomic mass is 10.2. The average molecular weight is 459 g/mol. The third-order valence-electron chi connectivity index (χ3n) is 3.05. The van der Waals surface area contributed by atoms with Gasteiger partial charge >= 0.3 is 0 Å². The number of amides is 1. The van der Waals surface area contributed by atoms with Crippen LogP contribution in [0.15, 0.2) is 51.3 Å². The second-order valence-electron chi connectivity index (χ2n) is 4.87. The van der Waals surface area contributed by atoms with E-state index >= 15 is 0 Å². The highest BCUT2D eigenvalue weighted by Gasteiger charge is 2.14. The Bertz CT molecular complexity index is 922. The lowest BCUT2D eigenvalue weighted by Gasteiger charge is -2.04. The van der Waals surface area contributed by atoms with E-state index in [1.807, 2.05) is 6.07 Å². The molecule has 1 heterocycles. The minimum Gasteiger partial charge on any atom is -0.296 e. The van der Waals surface area contributed by atoms with Crippen molar-refractivity contribution in [2.24, 2.45) is 0 Å². The van der Waals surface area contributed by atoms with Crippen molar-refractivity contribution in [3.63, 3.8) is 0 Å². The van der Waals surface area contributed by atoms with E-state index in [1.54, 1.807) is 24.3 Å². The van der Waals surface area contributed by atoms with Crippen molar-refractivity contribution in [2.75, 3.05) is 5.32 Å². The highest BCUT2D eigenvalue weighted by molar-refractivity contribution is 9.10. The van der Waals surface area contributed by atoms with Gasteiger partial charge in [0.15, 0.2) is 4.34 Å². The summed E-state index contributed by atoms with van der Waals surface area (Å²) in [5.74, 6) is -0.0593. The summed E-state index contributed by atoms with van der Waals surface area (Å²) in [6, 6.07) is 11.4. The highest BCUT2D eigenvalue weighted by Crippen LogP contribution is 2.29. The minimum atomic E-state index is -0.357. The fourth-order valence-electron chi connectivity index (χ4n) is 1.93. The zero-order chi connectivity index (χ0) is 17.8. The molecule has 9 heteroatoms. The van der Waals surface area contributed by atoms with Gasteiger partial charge in [-0.15, -0.1) is 10.2 Å². The molecule has 128 valence electrons. The number of anilines is 1. The summed E-state index contributed by atoms with van der Waals surface area (Å²) in [4.78, 5) is 12.3. The van der Waals surface area contributed by atoms with Crippen molar-refractivity contribution >= 4 is 61.7 Å². The van der Waals surface area contributed by atoms with Crippen molar-refractivity contribution in [1.29, 1.82) is 0 Å². The predicted octanol–water partition coefficient (Wildman–Crippen LogP) is 5.64. The molecule has 0 aliphatic carbocycles. The fourth-order valence-corrected chi connectivity index (χ4v) is 4.18. The molecule has 0 spiro atoms. The molecule has 0 aliphatic rings. The Kier molecular flexibility index (Phi) is 6.06. The summed E-state index contributed by atoms with van der Waals surface area (Å²) in [5, 5.41) is 11.4. The molecule has 0 saturated heterocycles. The van der Waals surface area contributed by atoms with E-state index < -0.39 is 0 Å². The maximum absolute atomic E-state index is 13.2. The normalized spacial score (nSPS) is 10.7. The number of nitrogens with zero attached hydrogens (tertiary/aromatic N) is 2. The molecule has 2 aromatic carbocycles. The second-order valence-corrected chi connectivity index (χ2v) is 8.39. The smallest absolute Gasteiger partial charge is 0.259 e. The van der Waals surface area contributed by atoms with Crippen LogP contribution in [0.3, 0.4) is 0 Å². The lowest BCUT2D eigenvalue weighted by molar-refractivity contribution is 0.102. The number of benzene rings is 2. The topological polar surface area (TPSA) is 54.9 Å². The van der Waals surface area contributed by atoms with E-state index in [0.29, 0.717) is 25.8 Å². The quantitative estimate of drug-likeness (QED) is 0.397. The molecule has 0 aliphatic heterocycles. The summed E-state index contributed by atoms with van der Waals surface area (Å²) >= 11 is 12.0. The number of hydrogen-bond acceptors (Lipinski definition) is 5. The first-order valence-electron chi connectivity index (χ1n) is 6.98. The van der Waals surface area contributed by atoms with Crippen molar-refractivity contribution in [2.45, 2.75) is 10.1 Å². The van der Waals surface area contributed by atoms with Gasteiger partial charge in [0.1, 0.15) is 5.82 Å². The molecule has 0 unspecified atom stereocenters. The van der Waals surface area contributed by atoms with Crippen LogP contribution in [0.4, 0.5) is 9.52 Å². The molecular weight excluding hydrogens is 449 g/mol. The highest BCUT2D eigenvalue weighted by atomic mass is 79.9. The Morgan fingerprint density at radius 2 is 2.12 bits per heavy atom. The third-order valence-corrected chi connectivity index (χ3v) is 5.92. The molecule has 0 atom stereocenters. The molecule has 0 radical (unpaired) electrons. The Morgan fingerprint density at radius 1 is 1.28 bits per heavy atom. The number of halogens is 3.